The Hall–Kier alpha value is -2.71. The zero-order valence-electron chi connectivity index (χ0n) is 14.7. The van der Waals surface area contributed by atoms with Crippen LogP contribution in [0.25, 0.3) is 0 Å². The lowest BCUT2D eigenvalue weighted by Gasteiger charge is -2.11. The van der Waals surface area contributed by atoms with Crippen molar-refractivity contribution in [2.75, 3.05) is 39.6 Å². The van der Waals surface area contributed by atoms with Gasteiger partial charge in [0.25, 0.3) is 5.91 Å². The van der Waals surface area contributed by atoms with Gasteiger partial charge < -0.3 is 20.3 Å². The molecule has 0 fully saturated rings. The average Bonchev–Trinajstić information content (AvgIpc) is 2.63. The van der Waals surface area contributed by atoms with Crippen molar-refractivity contribution in [2.24, 2.45) is 0 Å². The monoisotopic (exact) mass is 377 g/mol. The van der Waals surface area contributed by atoms with E-state index in [1.807, 2.05) is 19.0 Å². The Kier molecular flexibility index (Phi) is 6.88. The third-order valence-corrected chi connectivity index (χ3v) is 3.72. The first kappa shape index (κ1) is 19.6. The van der Waals surface area contributed by atoms with Crippen LogP contribution >= 0.6 is 11.6 Å². The molecule has 0 spiro atoms. The molecule has 1 heterocycles. The molecular weight excluding hydrogens is 358 g/mol. The van der Waals surface area contributed by atoms with Crippen LogP contribution in [0.4, 0.5) is 11.5 Å². The lowest BCUT2D eigenvalue weighted by molar-refractivity contribution is 0.0600. The zero-order chi connectivity index (χ0) is 19.1. The van der Waals surface area contributed by atoms with Crippen LogP contribution in [0.15, 0.2) is 30.3 Å². The van der Waals surface area contributed by atoms with E-state index < -0.39 is 5.97 Å². The molecule has 0 aliphatic heterocycles. The fraction of sp³-hybridized carbons (Fsp3) is 0.294. The molecule has 1 amide bonds. The summed E-state index contributed by atoms with van der Waals surface area (Å²) < 4.78 is 4.69. The summed E-state index contributed by atoms with van der Waals surface area (Å²) in [7, 11) is 5.15. The van der Waals surface area contributed by atoms with E-state index in [-0.39, 0.29) is 11.6 Å². The summed E-state index contributed by atoms with van der Waals surface area (Å²) in [5.74, 6) is -0.379. The van der Waals surface area contributed by atoms with E-state index in [2.05, 4.69) is 25.6 Å². The first-order valence-corrected chi connectivity index (χ1v) is 8.20. The highest BCUT2D eigenvalue weighted by Crippen LogP contribution is 2.26. The lowest BCUT2D eigenvalue weighted by Crippen LogP contribution is -2.31. The molecule has 1 aromatic heterocycles. The Bertz CT molecular complexity index is 780. The number of amides is 1. The number of rotatable bonds is 7. The number of aromatic nitrogens is 2. The van der Waals surface area contributed by atoms with Crippen molar-refractivity contribution >= 4 is 35.0 Å². The van der Waals surface area contributed by atoms with Crippen LogP contribution in [0, 0.1) is 0 Å². The van der Waals surface area contributed by atoms with Crippen LogP contribution in [0.2, 0.25) is 5.02 Å². The fourth-order valence-electron chi connectivity index (χ4n) is 2.01. The number of hydrogen-bond donors (Lipinski definition) is 2. The summed E-state index contributed by atoms with van der Waals surface area (Å²) in [5.41, 5.74) is 1.04. The third-order valence-electron chi connectivity index (χ3n) is 3.39. The van der Waals surface area contributed by atoms with E-state index in [1.54, 1.807) is 30.3 Å². The average molecular weight is 378 g/mol. The van der Waals surface area contributed by atoms with E-state index in [0.717, 1.165) is 6.54 Å². The number of likely N-dealkylation sites (N-methyl/N-ethyl adjacent to an activating group) is 1. The number of nitrogens with zero attached hydrogens (tertiary/aromatic N) is 3. The Morgan fingerprint density at radius 3 is 2.58 bits per heavy atom. The van der Waals surface area contributed by atoms with Crippen molar-refractivity contribution in [1.82, 2.24) is 20.4 Å². The summed E-state index contributed by atoms with van der Waals surface area (Å²) in [6.45, 7) is 1.25. The first-order valence-electron chi connectivity index (χ1n) is 7.82. The minimum Gasteiger partial charge on any atom is -0.465 e. The molecule has 0 aliphatic carbocycles. The second kappa shape index (κ2) is 9.12. The molecule has 0 saturated heterocycles. The van der Waals surface area contributed by atoms with E-state index in [9.17, 15) is 9.59 Å². The summed E-state index contributed by atoms with van der Waals surface area (Å²) >= 11 is 6.13. The van der Waals surface area contributed by atoms with E-state index in [0.29, 0.717) is 28.6 Å². The molecule has 0 saturated carbocycles. The van der Waals surface area contributed by atoms with Gasteiger partial charge in [0, 0.05) is 13.1 Å². The second-order valence-electron chi connectivity index (χ2n) is 5.67. The number of carbonyl (C=O) groups excluding carboxylic acids is 2. The Morgan fingerprint density at radius 2 is 1.96 bits per heavy atom. The predicted octanol–water partition coefficient (Wildman–Crippen LogP) is 1.95. The van der Waals surface area contributed by atoms with E-state index in [4.69, 9.17) is 11.6 Å². The number of hydrogen-bond acceptors (Lipinski definition) is 7. The third kappa shape index (κ3) is 5.40. The zero-order valence-corrected chi connectivity index (χ0v) is 15.5. The van der Waals surface area contributed by atoms with Crippen LogP contribution in [0.1, 0.15) is 20.8 Å². The minimum absolute atomic E-state index is 0.212. The molecule has 2 rings (SSSR count). The van der Waals surface area contributed by atoms with Crippen LogP contribution < -0.4 is 10.6 Å². The molecule has 0 unspecified atom stereocenters. The Morgan fingerprint density at radius 1 is 1.19 bits per heavy atom. The standard InChI is InChI=1S/C17H20ClN5O3/c1-23(2)9-8-19-16(24)13-6-7-15(22-21-13)20-14-10-11(17(25)26-3)4-5-12(14)18/h4-7,10H,8-9H2,1-3H3,(H,19,24)(H,20,22). The number of benzene rings is 1. The smallest absolute Gasteiger partial charge is 0.337 e. The van der Waals surface area contributed by atoms with Crippen molar-refractivity contribution in [3.63, 3.8) is 0 Å². The molecule has 8 nitrogen and oxygen atoms in total. The van der Waals surface area contributed by atoms with Gasteiger partial charge in [0.05, 0.1) is 23.4 Å². The maximum Gasteiger partial charge on any atom is 0.337 e. The number of ether oxygens (including phenoxy) is 1. The van der Waals surface area contributed by atoms with Crippen LogP contribution in [-0.2, 0) is 4.74 Å². The summed E-state index contributed by atoms with van der Waals surface area (Å²) in [4.78, 5) is 25.5. The Labute approximate surface area is 156 Å². The van der Waals surface area contributed by atoms with Gasteiger partial charge in [0.2, 0.25) is 0 Å². The number of esters is 1. The molecule has 0 atom stereocenters. The predicted molar refractivity (Wildman–Crippen MR) is 99.0 cm³/mol. The topological polar surface area (TPSA) is 96.4 Å². The summed E-state index contributed by atoms with van der Waals surface area (Å²) in [6.07, 6.45) is 0. The highest BCUT2D eigenvalue weighted by molar-refractivity contribution is 6.33. The van der Waals surface area contributed by atoms with Crippen molar-refractivity contribution in [1.29, 1.82) is 0 Å². The summed E-state index contributed by atoms with van der Waals surface area (Å²) in [5, 5.41) is 14.0. The molecule has 2 N–H and O–H groups in total. The molecule has 0 aliphatic rings. The van der Waals surface area contributed by atoms with Gasteiger partial charge in [-0.1, -0.05) is 11.6 Å². The molecule has 138 valence electrons. The highest BCUT2D eigenvalue weighted by atomic mass is 35.5. The molecule has 26 heavy (non-hydrogen) atoms. The van der Waals surface area contributed by atoms with Gasteiger partial charge in [-0.25, -0.2) is 4.79 Å². The van der Waals surface area contributed by atoms with Crippen LogP contribution in [0.3, 0.4) is 0 Å². The minimum atomic E-state index is -0.472. The maximum absolute atomic E-state index is 12.0. The number of carbonyl (C=O) groups is 2. The number of anilines is 2. The van der Waals surface area contributed by atoms with E-state index >= 15 is 0 Å². The van der Waals surface area contributed by atoms with Crippen LogP contribution in [-0.4, -0.2) is 61.3 Å². The molecule has 1 aromatic carbocycles. The van der Waals surface area contributed by atoms with Crippen molar-refractivity contribution in [3.05, 3.63) is 46.6 Å². The quantitative estimate of drug-likeness (QED) is 0.712. The van der Waals surface area contributed by atoms with Gasteiger partial charge in [0.15, 0.2) is 11.5 Å². The van der Waals surface area contributed by atoms with Gasteiger partial charge in [0.1, 0.15) is 0 Å². The van der Waals surface area contributed by atoms with Crippen LogP contribution in [0.5, 0.6) is 0 Å². The molecule has 9 heteroatoms. The number of nitrogens with one attached hydrogen (secondary N) is 2. The number of methoxy groups -OCH3 is 1. The van der Waals surface area contributed by atoms with Gasteiger partial charge in [-0.05, 0) is 44.4 Å². The number of halogens is 1. The molecular formula is C17H20ClN5O3. The van der Waals surface area contributed by atoms with Gasteiger partial charge in [-0.2, -0.15) is 0 Å². The van der Waals surface area contributed by atoms with Gasteiger partial charge >= 0.3 is 5.97 Å². The molecule has 0 bridgehead atoms. The maximum atomic E-state index is 12.0. The second-order valence-corrected chi connectivity index (χ2v) is 6.08. The fourth-order valence-corrected chi connectivity index (χ4v) is 2.17. The van der Waals surface area contributed by atoms with Crippen molar-refractivity contribution in [2.45, 2.75) is 0 Å². The largest absolute Gasteiger partial charge is 0.465 e. The summed E-state index contributed by atoms with van der Waals surface area (Å²) in [6, 6.07) is 7.85. The SMILES string of the molecule is COC(=O)c1ccc(Cl)c(Nc2ccc(C(=O)NCCN(C)C)nn2)c1. The van der Waals surface area contributed by atoms with Gasteiger partial charge in [-0.3, -0.25) is 4.79 Å². The Balaban J connectivity index is 2.05. The van der Waals surface area contributed by atoms with Gasteiger partial charge in [-0.15, -0.1) is 10.2 Å². The lowest BCUT2D eigenvalue weighted by atomic mass is 10.2. The molecule has 2 aromatic rings. The highest BCUT2D eigenvalue weighted by Gasteiger charge is 2.11. The van der Waals surface area contributed by atoms with E-state index in [1.165, 1.54) is 7.11 Å². The van der Waals surface area contributed by atoms with Crippen molar-refractivity contribution < 1.29 is 14.3 Å². The first-order chi connectivity index (χ1) is 12.4. The molecule has 0 radical (unpaired) electrons. The van der Waals surface area contributed by atoms with Crippen molar-refractivity contribution in [3.8, 4) is 0 Å². The normalized spacial score (nSPS) is 10.5.